The molecule has 0 aliphatic carbocycles. The quantitative estimate of drug-likeness (QED) is 0.679. The number of para-hydroxylation sites is 1. The second-order valence-corrected chi connectivity index (χ2v) is 6.89. The minimum Gasteiger partial charge on any atom is -0.496 e. The van der Waals surface area contributed by atoms with Gasteiger partial charge in [-0.25, -0.2) is 0 Å². The Balaban J connectivity index is 1.50. The van der Waals surface area contributed by atoms with E-state index >= 15 is 0 Å². The van der Waals surface area contributed by atoms with E-state index in [0.29, 0.717) is 29.4 Å². The molecule has 138 valence electrons. The Morgan fingerprint density at radius 2 is 2.04 bits per heavy atom. The SMILES string of the molecule is COc1ccc(Cl)cc1C(=O)N1CCC(Oc2cccc3cccnc23)C1. The highest BCUT2D eigenvalue weighted by molar-refractivity contribution is 6.31. The summed E-state index contributed by atoms with van der Waals surface area (Å²) in [5.41, 5.74) is 1.30. The average molecular weight is 383 g/mol. The van der Waals surface area contributed by atoms with Gasteiger partial charge in [0.15, 0.2) is 0 Å². The predicted octanol–water partition coefficient (Wildman–Crippen LogP) is 4.19. The van der Waals surface area contributed by atoms with Crippen LogP contribution in [0.2, 0.25) is 5.02 Å². The summed E-state index contributed by atoms with van der Waals surface area (Å²) in [4.78, 5) is 19.1. The lowest BCUT2D eigenvalue weighted by molar-refractivity contribution is 0.0769. The van der Waals surface area contributed by atoms with E-state index in [4.69, 9.17) is 21.1 Å². The number of hydrogen-bond donors (Lipinski definition) is 0. The van der Waals surface area contributed by atoms with Gasteiger partial charge in [-0.2, -0.15) is 0 Å². The van der Waals surface area contributed by atoms with Crippen molar-refractivity contribution in [3.05, 3.63) is 65.3 Å². The minimum absolute atomic E-state index is 0.0771. The van der Waals surface area contributed by atoms with Crippen LogP contribution in [-0.4, -0.2) is 42.1 Å². The molecule has 1 fully saturated rings. The fourth-order valence-electron chi connectivity index (χ4n) is 3.38. The van der Waals surface area contributed by atoms with Crippen molar-refractivity contribution >= 4 is 28.4 Å². The molecule has 6 heteroatoms. The number of likely N-dealkylation sites (tertiary alicyclic amines) is 1. The van der Waals surface area contributed by atoms with Gasteiger partial charge in [-0.05, 0) is 30.3 Å². The molecule has 1 unspecified atom stereocenters. The first-order chi connectivity index (χ1) is 13.2. The Morgan fingerprint density at radius 1 is 1.19 bits per heavy atom. The molecule has 3 aromatic rings. The van der Waals surface area contributed by atoms with Gasteiger partial charge in [0.1, 0.15) is 23.1 Å². The van der Waals surface area contributed by atoms with Crippen molar-refractivity contribution in [2.24, 2.45) is 0 Å². The van der Waals surface area contributed by atoms with Crippen LogP contribution in [0, 0.1) is 0 Å². The van der Waals surface area contributed by atoms with Crippen molar-refractivity contribution < 1.29 is 14.3 Å². The Bertz CT molecular complexity index is 987. The van der Waals surface area contributed by atoms with Crippen molar-refractivity contribution in [3.63, 3.8) is 0 Å². The zero-order valence-electron chi connectivity index (χ0n) is 14.9. The number of benzene rings is 2. The number of hydrogen-bond acceptors (Lipinski definition) is 4. The minimum atomic E-state index is -0.100. The highest BCUT2D eigenvalue weighted by atomic mass is 35.5. The number of carbonyl (C=O) groups excluding carboxylic acids is 1. The third-order valence-electron chi connectivity index (χ3n) is 4.71. The third-order valence-corrected chi connectivity index (χ3v) is 4.95. The predicted molar refractivity (Wildman–Crippen MR) is 105 cm³/mol. The van der Waals surface area contributed by atoms with Crippen LogP contribution >= 0.6 is 11.6 Å². The fourth-order valence-corrected chi connectivity index (χ4v) is 3.55. The van der Waals surface area contributed by atoms with Crippen molar-refractivity contribution in [3.8, 4) is 11.5 Å². The maximum Gasteiger partial charge on any atom is 0.257 e. The molecule has 2 heterocycles. The maximum atomic E-state index is 12.9. The van der Waals surface area contributed by atoms with Crippen molar-refractivity contribution in [2.75, 3.05) is 20.2 Å². The topological polar surface area (TPSA) is 51.7 Å². The number of ether oxygens (including phenoxy) is 2. The Kier molecular flexibility index (Phi) is 4.86. The molecular formula is C21H19ClN2O3. The second kappa shape index (κ2) is 7.45. The van der Waals surface area contributed by atoms with Crippen LogP contribution in [-0.2, 0) is 0 Å². The summed E-state index contributed by atoms with van der Waals surface area (Å²) >= 11 is 6.06. The Morgan fingerprint density at radius 3 is 2.89 bits per heavy atom. The van der Waals surface area contributed by atoms with Crippen LogP contribution < -0.4 is 9.47 Å². The third kappa shape index (κ3) is 3.55. The molecule has 0 radical (unpaired) electrons. The fraction of sp³-hybridized carbons (Fsp3) is 0.238. The summed E-state index contributed by atoms with van der Waals surface area (Å²) in [5, 5.41) is 1.54. The summed E-state index contributed by atoms with van der Waals surface area (Å²) in [6, 6.07) is 14.8. The highest BCUT2D eigenvalue weighted by Crippen LogP contribution is 2.28. The number of aromatic nitrogens is 1. The molecule has 1 atom stereocenters. The van der Waals surface area contributed by atoms with E-state index in [0.717, 1.165) is 23.1 Å². The number of halogens is 1. The monoisotopic (exact) mass is 382 g/mol. The first-order valence-corrected chi connectivity index (χ1v) is 9.17. The van der Waals surface area contributed by atoms with Gasteiger partial charge in [0.05, 0.1) is 19.2 Å². The van der Waals surface area contributed by atoms with E-state index in [1.807, 2.05) is 30.3 Å². The van der Waals surface area contributed by atoms with Crippen LogP contribution in [0.25, 0.3) is 10.9 Å². The number of amides is 1. The molecule has 1 saturated heterocycles. The number of pyridine rings is 1. The number of carbonyl (C=O) groups is 1. The lowest BCUT2D eigenvalue weighted by Gasteiger charge is -2.19. The van der Waals surface area contributed by atoms with Gasteiger partial charge in [0.2, 0.25) is 0 Å². The Hall–Kier alpha value is -2.79. The molecule has 1 aliphatic heterocycles. The average Bonchev–Trinajstić information content (AvgIpc) is 3.16. The summed E-state index contributed by atoms with van der Waals surface area (Å²) < 4.78 is 11.5. The summed E-state index contributed by atoms with van der Waals surface area (Å²) in [5.74, 6) is 1.16. The Labute approximate surface area is 162 Å². The van der Waals surface area contributed by atoms with Gasteiger partial charge in [0, 0.05) is 29.6 Å². The molecule has 2 aromatic carbocycles. The van der Waals surface area contributed by atoms with E-state index in [2.05, 4.69) is 4.98 Å². The largest absolute Gasteiger partial charge is 0.496 e. The summed E-state index contributed by atoms with van der Waals surface area (Å²) in [6.07, 6.45) is 2.44. The number of nitrogens with zero attached hydrogens (tertiary/aromatic N) is 2. The zero-order valence-corrected chi connectivity index (χ0v) is 15.6. The summed E-state index contributed by atoms with van der Waals surface area (Å²) in [7, 11) is 1.55. The van der Waals surface area contributed by atoms with Crippen LogP contribution in [0.15, 0.2) is 54.7 Å². The van der Waals surface area contributed by atoms with Gasteiger partial charge in [-0.1, -0.05) is 29.8 Å². The molecule has 0 N–H and O–H groups in total. The zero-order chi connectivity index (χ0) is 18.8. The molecule has 0 saturated carbocycles. The van der Waals surface area contributed by atoms with Gasteiger partial charge in [-0.3, -0.25) is 9.78 Å². The standard InChI is InChI=1S/C21H19ClN2O3/c1-26-18-8-7-15(22)12-17(18)21(25)24-11-9-16(13-24)27-19-6-2-4-14-5-3-10-23-20(14)19/h2-8,10,12,16H,9,11,13H2,1H3. The van der Waals surface area contributed by atoms with Gasteiger partial charge in [-0.15, -0.1) is 0 Å². The first-order valence-electron chi connectivity index (χ1n) is 8.79. The number of rotatable bonds is 4. The number of methoxy groups -OCH3 is 1. The van der Waals surface area contributed by atoms with Crippen LogP contribution in [0.1, 0.15) is 16.8 Å². The van der Waals surface area contributed by atoms with Crippen molar-refractivity contribution in [2.45, 2.75) is 12.5 Å². The van der Waals surface area contributed by atoms with Crippen LogP contribution in [0.5, 0.6) is 11.5 Å². The molecule has 0 spiro atoms. The molecule has 4 rings (SSSR count). The molecule has 1 amide bonds. The van der Waals surface area contributed by atoms with E-state index in [1.165, 1.54) is 0 Å². The van der Waals surface area contributed by atoms with Crippen molar-refractivity contribution in [1.82, 2.24) is 9.88 Å². The van der Waals surface area contributed by atoms with Crippen LogP contribution in [0.3, 0.4) is 0 Å². The van der Waals surface area contributed by atoms with E-state index in [-0.39, 0.29) is 12.0 Å². The van der Waals surface area contributed by atoms with Crippen molar-refractivity contribution in [1.29, 1.82) is 0 Å². The van der Waals surface area contributed by atoms with Gasteiger partial charge < -0.3 is 14.4 Å². The molecule has 5 nitrogen and oxygen atoms in total. The molecule has 0 bridgehead atoms. The first kappa shape index (κ1) is 17.6. The normalized spacial score (nSPS) is 16.5. The molecule has 1 aromatic heterocycles. The lowest BCUT2D eigenvalue weighted by Crippen LogP contribution is -2.31. The van der Waals surface area contributed by atoms with E-state index in [9.17, 15) is 4.79 Å². The summed E-state index contributed by atoms with van der Waals surface area (Å²) in [6.45, 7) is 1.13. The highest BCUT2D eigenvalue weighted by Gasteiger charge is 2.30. The molecular weight excluding hydrogens is 364 g/mol. The van der Waals surface area contributed by atoms with Gasteiger partial charge >= 0.3 is 0 Å². The van der Waals surface area contributed by atoms with Gasteiger partial charge in [0.25, 0.3) is 5.91 Å². The van der Waals surface area contributed by atoms with E-state index in [1.54, 1.807) is 36.4 Å². The second-order valence-electron chi connectivity index (χ2n) is 6.46. The van der Waals surface area contributed by atoms with Crippen LogP contribution in [0.4, 0.5) is 0 Å². The molecule has 1 aliphatic rings. The maximum absolute atomic E-state index is 12.9. The lowest BCUT2D eigenvalue weighted by atomic mass is 10.1. The smallest absolute Gasteiger partial charge is 0.257 e. The van der Waals surface area contributed by atoms with E-state index < -0.39 is 0 Å². The number of fused-ring (bicyclic) bond motifs is 1. The molecule has 27 heavy (non-hydrogen) atoms.